The Labute approximate surface area is 88.2 Å². The van der Waals surface area contributed by atoms with Crippen LogP contribution in [0, 0.1) is 0 Å². The van der Waals surface area contributed by atoms with Gasteiger partial charge >= 0.3 is 0 Å². The molecule has 0 fully saturated rings. The van der Waals surface area contributed by atoms with Gasteiger partial charge in [-0.3, -0.25) is 0 Å². The molecule has 0 bridgehead atoms. The minimum Gasteiger partial charge on any atom is -0.725 e. The molecular weight excluding hydrogens is 236 g/mol. The molecule has 0 spiro atoms. The lowest BCUT2D eigenvalue weighted by Gasteiger charge is -2.04. The van der Waals surface area contributed by atoms with Gasteiger partial charge in [-0.1, -0.05) is 12.8 Å². The number of hydrogen-bond donors (Lipinski definition) is 0. The molecule has 0 rings (SSSR count). The molecule has 4 nitrogen and oxygen atoms in total. The van der Waals surface area contributed by atoms with E-state index < -0.39 is 10.4 Å². The highest BCUT2D eigenvalue weighted by atomic mass is 35.5. The average molecular weight is 248 g/mol. The number of unbranched alkanes of at least 4 members (excludes halogenated alkanes) is 3. The van der Waals surface area contributed by atoms with Crippen LogP contribution < -0.4 is 0 Å². The fraction of sp³-hybridized carbons (Fsp3) is 1.00. The Bertz CT molecular complexity index is 205. The largest absolute Gasteiger partial charge is 0.725 e. The highest BCUT2D eigenvalue weighted by molar-refractivity contribution is 8.02. The van der Waals surface area contributed by atoms with E-state index in [9.17, 15) is 13.0 Å². The van der Waals surface area contributed by atoms with Crippen molar-refractivity contribution in [2.75, 3.05) is 11.6 Å². The van der Waals surface area contributed by atoms with Crippen LogP contribution in [0.5, 0.6) is 0 Å². The summed E-state index contributed by atoms with van der Waals surface area (Å²) >= 11 is 6.14. The van der Waals surface area contributed by atoms with Crippen molar-refractivity contribution in [1.82, 2.24) is 0 Å². The van der Waals surface area contributed by atoms with E-state index in [0.29, 0.717) is 23.7 Å². The van der Waals surface area contributed by atoms with Crippen LogP contribution in [0.2, 0.25) is 0 Å². The lowest BCUT2D eigenvalue weighted by atomic mass is 10.2. The Balaban J connectivity index is 3.09. The van der Waals surface area contributed by atoms with E-state index in [1.54, 1.807) is 0 Å². The van der Waals surface area contributed by atoms with Gasteiger partial charge in [0.1, 0.15) is 0 Å². The summed E-state index contributed by atoms with van der Waals surface area (Å²) in [7, 11) is -4.53. The number of alkyl halides is 1. The second-order valence-electron chi connectivity index (χ2n) is 2.40. The molecule has 0 amide bonds. The molecule has 0 aromatic heterocycles. The van der Waals surface area contributed by atoms with Crippen molar-refractivity contribution < 1.29 is 16.6 Å². The standard InChI is InChI=1S/C6H13ClO4S2/c7-5-3-1-2-4-6-12-11-13(8,9)10/h1-6H2,(H,8,9,10)/p-1. The van der Waals surface area contributed by atoms with E-state index in [2.05, 4.69) is 3.63 Å². The summed E-state index contributed by atoms with van der Waals surface area (Å²) in [5.74, 6) is 1.17. The SMILES string of the molecule is O=S(=O)([O-])OSCCCCCCCl. The fourth-order valence-corrected chi connectivity index (χ4v) is 1.96. The molecule has 0 saturated heterocycles. The zero-order valence-corrected chi connectivity index (χ0v) is 9.46. The molecule has 0 aromatic carbocycles. The van der Waals surface area contributed by atoms with E-state index >= 15 is 0 Å². The topological polar surface area (TPSA) is 66.4 Å². The third-order valence-corrected chi connectivity index (χ3v) is 3.02. The molecule has 80 valence electrons. The molecule has 13 heavy (non-hydrogen) atoms. The molecule has 0 aliphatic heterocycles. The van der Waals surface area contributed by atoms with Crippen LogP contribution in [0.1, 0.15) is 25.7 Å². The molecular formula is C6H12ClO4S2-. The second kappa shape index (κ2) is 7.87. The summed E-state index contributed by atoms with van der Waals surface area (Å²) in [6, 6.07) is 0. The summed E-state index contributed by atoms with van der Waals surface area (Å²) in [6.07, 6.45) is 3.79. The van der Waals surface area contributed by atoms with E-state index in [4.69, 9.17) is 11.6 Å². The van der Waals surface area contributed by atoms with Gasteiger partial charge in [0.25, 0.3) is 0 Å². The Morgan fingerprint density at radius 2 is 1.85 bits per heavy atom. The first-order valence-electron chi connectivity index (χ1n) is 3.89. The van der Waals surface area contributed by atoms with Crippen molar-refractivity contribution in [3.8, 4) is 0 Å². The third-order valence-electron chi connectivity index (χ3n) is 1.24. The van der Waals surface area contributed by atoms with Crippen molar-refractivity contribution in [1.29, 1.82) is 0 Å². The van der Waals surface area contributed by atoms with Gasteiger partial charge in [0, 0.05) is 23.7 Å². The summed E-state index contributed by atoms with van der Waals surface area (Å²) in [4.78, 5) is 0. The first kappa shape index (κ1) is 13.5. The lowest BCUT2D eigenvalue weighted by Crippen LogP contribution is -1.98. The first-order chi connectivity index (χ1) is 6.06. The van der Waals surface area contributed by atoms with Gasteiger partial charge < -0.3 is 4.55 Å². The monoisotopic (exact) mass is 247 g/mol. The highest BCUT2D eigenvalue weighted by Gasteiger charge is 1.95. The summed E-state index contributed by atoms with van der Waals surface area (Å²) in [5.41, 5.74) is 0. The highest BCUT2D eigenvalue weighted by Crippen LogP contribution is 2.11. The van der Waals surface area contributed by atoms with Crippen molar-refractivity contribution in [2.45, 2.75) is 25.7 Å². The summed E-state index contributed by atoms with van der Waals surface area (Å²) in [6.45, 7) is 0. The van der Waals surface area contributed by atoms with Crippen LogP contribution in [-0.4, -0.2) is 24.6 Å². The maximum absolute atomic E-state index is 9.95. The average Bonchev–Trinajstić information content (AvgIpc) is 2.01. The number of halogens is 1. The number of rotatable bonds is 8. The van der Waals surface area contributed by atoms with Gasteiger partial charge in [-0.2, -0.15) is 0 Å². The van der Waals surface area contributed by atoms with E-state index in [0.717, 1.165) is 25.7 Å². The van der Waals surface area contributed by atoms with Gasteiger partial charge in [0.15, 0.2) is 0 Å². The van der Waals surface area contributed by atoms with Gasteiger partial charge in [-0.05, 0) is 12.8 Å². The molecule has 0 aliphatic rings. The molecule has 0 aliphatic carbocycles. The smallest absolute Gasteiger partial charge is 0.228 e. The van der Waals surface area contributed by atoms with Crippen molar-refractivity contribution in [3.05, 3.63) is 0 Å². The van der Waals surface area contributed by atoms with E-state index in [-0.39, 0.29) is 0 Å². The van der Waals surface area contributed by atoms with Gasteiger partial charge in [-0.25, -0.2) is 12.0 Å². The van der Waals surface area contributed by atoms with Crippen molar-refractivity contribution >= 4 is 34.0 Å². The number of hydrogen-bond acceptors (Lipinski definition) is 5. The van der Waals surface area contributed by atoms with Crippen molar-refractivity contribution in [2.24, 2.45) is 0 Å². The van der Waals surface area contributed by atoms with E-state index in [1.165, 1.54) is 0 Å². The van der Waals surface area contributed by atoms with Crippen LogP contribution in [0.15, 0.2) is 0 Å². The van der Waals surface area contributed by atoms with Crippen LogP contribution >= 0.6 is 23.6 Å². The molecule has 0 unspecified atom stereocenters. The molecule has 7 heteroatoms. The Kier molecular flexibility index (Phi) is 8.18. The Morgan fingerprint density at radius 1 is 1.23 bits per heavy atom. The minimum absolute atomic E-state index is 0.518. The normalized spacial score (nSPS) is 11.8. The first-order valence-corrected chi connectivity index (χ1v) is 6.67. The summed E-state index contributed by atoms with van der Waals surface area (Å²) in [5, 5.41) is 0. The predicted octanol–water partition coefficient (Wildman–Crippen LogP) is 1.91. The second-order valence-corrected chi connectivity index (χ2v) is 4.78. The third kappa shape index (κ3) is 12.5. The zero-order chi connectivity index (χ0) is 10.2. The van der Waals surface area contributed by atoms with Gasteiger partial charge in [-0.15, -0.1) is 11.6 Å². The van der Waals surface area contributed by atoms with Crippen LogP contribution in [-0.2, 0) is 14.0 Å². The quantitative estimate of drug-likeness (QED) is 0.216. The van der Waals surface area contributed by atoms with Gasteiger partial charge in [0.2, 0.25) is 10.4 Å². The van der Waals surface area contributed by atoms with E-state index in [1.807, 2.05) is 0 Å². The molecule has 0 atom stereocenters. The minimum atomic E-state index is -4.53. The maximum Gasteiger partial charge on any atom is 0.228 e. The van der Waals surface area contributed by atoms with Crippen molar-refractivity contribution in [3.63, 3.8) is 0 Å². The molecule has 0 heterocycles. The molecule has 0 aromatic rings. The Morgan fingerprint density at radius 3 is 2.38 bits per heavy atom. The van der Waals surface area contributed by atoms with Crippen LogP contribution in [0.3, 0.4) is 0 Å². The van der Waals surface area contributed by atoms with Crippen LogP contribution in [0.4, 0.5) is 0 Å². The Hall–Kier alpha value is 0.510. The van der Waals surface area contributed by atoms with Gasteiger partial charge in [0.05, 0.1) is 0 Å². The predicted molar refractivity (Wildman–Crippen MR) is 52.4 cm³/mol. The summed E-state index contributed by atoms with van der Waals surface area (Å²) < 4.78 is 33.8. The zero-order valence-electron chi connectivity index (χ0n) is 7.07. The molecule has 0 radical (unpaired) electrons. The maximum atomic E-state index is 9.95. The van der Waals surface area contributed by atoms with Crippen LogP contribution in [0.25, 0.3) is 0 Å². The molecule has 0 saturated carbocycles. The molecule has 0 N–H and O–H groups in total. The lowest BCUT2D eigenvalue weighted by molar-refractivity contribution is 0.391. The fourth-order valence-electron chi connectivity index (χ4n) is 0.702.